The first kappa shape index (κ1) is 15.1. The Kier molecular flexibility index (Phi) is 5.26. The first-order valence-electron chi connectivity index (χ1n) is 7.28. The molecule has 4 nitrogen and oxygen atoms in total. The van der Waals surface area contributed by atoms with E-state index in [1.165, 1.54) is 12.8 Å². The second-order valence-corrected chi connectivity index (χ2v) is 5.50. The molecular weight excluding hydrogens is 254 g/mol. The number of hydrogen-bond acceptors (Lipinski definition) is 4. The highest BCUT2D eigenvalue weighted by Gasteiger charge is 2.26. The van der Waals surface area contributed by atoms with Crippen molar-refractivity contribution in [2.24, 2.45) is 0 Å². The minimum absolute atomic E-state index is 0.251. The first-order chi connectivity index (χ1) is 9.63. The van der Waals surface area contributed by atoms with Gasteiger partial charge in [0, 0.05) is 18.7 Å². The Morgan fingerprint density at radius 3 is 2.40 bits per heavy atom. The molecule has 0 saturated carbocycles. The van der Waals surface area contributed by atoms with Crippen molar-refractivity contribution >= 4 is 0 Å². The number of hydrogen-bond donors (Lipinski definition) is 1. The Hall–Kier alpha value is -1.26. The lowest BCUT2D eigenvalue weighted by atomic mass is 9.97. The van der Waals surface area contributed by atoms with Crippen LogP contribution in [0.4, 0.5) is 0 Å². The topological polar surface area (TPSA) is 41.9 Å². The summed E-state index contributed by atoms with van der Waals surface area (Å²) >= 11 is 0. The van der Waals surface area contributed by atoms with Crippen molar-refractivity contribution in [3.05, 3.63) is 23.8 Å². The van der Waals surface area contributed by atoms with Gasteiger partial charge < -0.3 is 14.6 Å². The van der Waals surface area contributed by atoms with Gasteiger partial charge in [0.2, 0.25) is 0 Å². The first-order valence-corrected chi connectivity index (χ1v) is 7.28. The van der Waals surface area contributed by atoms with E-state index in [1.54, 1.807) is 14.2 Å². The zero-order valence-corrected chi connectivity index (χ0v) is 12.6. The van der Waals surface area contributed by atoms with E-state index in [2.05, 4.69) is 4.90 Å². The van der Waals surface area contributed by atoms with Crippen molar-refractivity contribution < 1.29 is 14.6 Å². The normalized spacial score (nSPS) is 21.5. The van der Waals surface area contributed by atoms with Crippen molar-refractivity contribution in [3.63, 3.8) is 0 Å². The van der Waals surface area contributed by atoms with Gasteiger partial charge in [0.25, 0.3) is 0 Å². The number of likely N-dealkylation sites (tertiary alicyclic amines) is 1. The molecule has 0 radical (unpaired) electrons. The van der Waals surface area contributed by atoms with Crippen molar-refractivity contribution in [3.8, 4) is 11.5 Å². The van der Waals surface area contributed by atoms with Crippen molar-refractivity contribution in [1.82, 2.24) is 4.90 Å². The molecule has 0 amide bonds. The number of ether oxygens (including phenoxy) is 2. The van der Waals surface area contributed by atoms with Crippen LogP contribution in [-0.2, 0) is 6.54 Å². The Balaban J connectivity index is 2.15. The molecule has 2 rings (SSSR count). The molecule has 1 fully saturated rings. The maximum Gasteiger partial charge on any atom is 0.122 e. The Bertz CT molecular complexity index is 411. The molecule has 0 aliphatic carbocycles. The Labute approximate surface area is 121 Å². The van der Waals surface area contributed by atoms with E-state index >= 15 is 0 Å². The summed E-state index contributed by atoms with van der Waals surface area (Å²) < 4.78 is 10.6. The van der Waals surface area contributed by atoms with E-state index in [0.717, 1.165) is 36.6 Å². The zero-order chi connectivity index (χ0) is 14.5. The number of rotatable bonds is 5. The standard InChI is InChI=1S/C16H25NO3/c1-12(18)16-6-4-5-7-17(16)11-13-8-14(19-2)10-15(9-13)20-3/h8-10,12,16,18H,4-7,11H2,1-3H3. The van der Waals surface area contributed by atoms with Crippen LogP contribution in [0.2, 0.25) is 0 Å². The second-order valence-electron chi connectivity index (χ2n) is 5.50. The number of benzene rings is 1. The fraction of sp³-hybridized carbons (Fsp3) is 0.625. The summed E-state index contributed by atoms with van der Waals surface area (Å²) in [5.74, 6) is 1.62. The molecule has 0 bridgehead atoms. The van der Waals surface area contributed by atoms with Crippen molar-refractivity contribution in [2.45, 2.75) is 44.9 Å². The van der Waals surface area contributed by atoms with Crippen LogP contribution in [0.1, 0.15) is 31.7 Å². The molecule has 2 atom stereocenters. The Morgan fingerprint density at radius 2 is 1.85 bits per heavy atom. The smallest absolute Gasteiger partial charge is 0.122 e. The summed E-state index contributed by atoms with van der Waals surface area (Å²) in [6.07, 6.45) is 3.18. The van der Waals surface area contributed by atoms with Crippen molar-refractivity contribution in [1.29, 1.82) is 0 Å². The molecule has 0 aromatic heterocycles. The third kappa shape index (κ3) is 3.64. The highest BCUT2D eigenvalue weighted by Crippen LogP contribution is 2.26. The van der Waals surface area contributed by atoms with Gasteiger partial charge >= 0.3 is 0 Å². The highest BCUT2D eigenvalue weighted by molar-refractivity contribution is 5.38. The van der Waals surface area contributed by atoms with E-state index in [4.69, 9.17) is 9.47 Å². The summed E-state index contributed by atoms with van der Waals surface area (Å²) in [6.45, 7) is 3.74. The largest absolute Gasteiger partial charge is 0.497 e. The van der Waals surface area contributed by atoms with Gasteiger partial charge in [-0.05, 0) is 44.0 Å². The number of methoxy groups -OCH3 is 2. The van der Waals surface area contributed by atoms with E-state index in [-0.39, 0.29) is 12.1 Å². The molecule has 1 saturated heterocycles. The molecule has 1 aromatic carbocycles. The van der Waals surface area contributed by atoms with Crippen LogP contribution in [0.3, 0.4) is 0 Å². The maximum absolute atomic E-state index is 9.94. The van der Waals surface area contributed by atoms with Crippen LogP contribution in [0.25, 0.3) is 0 Å². The van der Waals surface area contributed by atoms with Crippen LogP contribution in [0.15, 0.2) is 18.2 Å². The molecule has 1 aliphatic rings. The molecule has 20 heavy (non-hydrogen) atoms. The van der Waals surface area contributed by atoms with Crippen LogP contribution < -0.4 is 9.47 Å². The van der Waals surface area contributed by atoms with Crippen LogP contribution in [-0.4, -0.2) is 42.9 Å². The molecule has 2 unspecified atom stereocenters. The lowest BCUT2D eigenvalue weighted by Crippen LogP contribution is -2.45. The van der Waals surface area contributed by atoms with E-state index in [9.17, 15) is 5.11 Å². The quantitative estimate of drug-likeness (QED) is 0.899. The average Bonchev–Trinajstić information content (AvgIpc) is 2.47. The van der Waals surface area contributed by atoms with Crippen LogP contribution >= 0.6 is 0 Å². The number of aliphatic hydroxyl groups is 1. The van der Waals surface area contributed by atoms with Gasteiger partial charge in [-0.2, -0.15) is 0 Å². The number of nitrogens with zero attached hydrogens (tertiary/aromatic N) is 1. The number of aliphatic hydroxyl groups excluding tert-OH is 1. The minimum Gasteiger partial charge on any atom is -0.497 e. The molecule has 1 aliphatic heterocycles. The fourth-order valence-corrected chi connectivity index (χ4v) is 2.95. The molecule has 112 valence electrons. The summed E-state index contributed by atoms with van der Waals surface area (Å²) in [5.41, 5.74) is 1.16. The van der Waals surface area contributed by atoms with Crippen LogP contribution in [0, 0.1) is 0 Å². The summed E-state index contributed by atoms with van der Waals surface area (Å²) in [5, 5.41) is 9.94. The van der Waals surface area contributed by atoms with Gasteiger partial charge in [0.15, 0.2) is 0 Å². The van der Waals surface area contributed by atoms with Gasteiger partial charge in [-0.25, -0.2) is 0 Å². The summed E-state index contributed by atoms with van der Waals surface area (Å²) in [7, 11) is 3.33. The molecular formula is C16H25NO3. The van der Waals surface area contributed by atoms with Gasteiger partial charge in [0.1, 0.15) is 11.5 Å². The summed E-state index contributed by atoms with van der Waals surface area (Å²) in [6, 6.07) is 6.21. The predicted octanol–water partition coefficient (Wildman–Crippen LogP) is 2.44. The average molecular weight is 279 g/mol. The van der Waals surface area contributed by atoms with Gasteiger partial charge in [-0.3, -0.25) is 4.90 Å². The molecule has 4 heteroatoms. The van der Waals surface area contributed by atoms with Crippen LogP contribution in [0.5, 0.6) is 11.5 Å². The lowest BCUT2D eigenvalue weighted by Gasteiger charge is -2.37. The molecule has 1 N–H and O–H groups in total. The van der Waals surface area contributed by atoms with E-state index < -0.39 is 0 Å². The summed E-state index contributed by atoms with van der Waals surface area (Å²) in [4.78, 5) is 2.36. The Morgan fingerprint density at radius 1 is 1.20 bits per heavy atom. The molecule has 0 spiro atoms. The molecule has 1 aromatic rings. The SMILES string of the molecule is COc1cc(CN2CCCCC2C(C)O)cc(OC)c1. The van der Waals surface area contributed by atoms with E-state index in [1.807, 2.05) is 25.1 Å². The van der Waals surface area contributed by atoms with Gasteiger partial charge in [-0.1, -0.05) is 6.42 Å². The van der Waals surface area contributed by atoms with Gasteiger partial charge in [0.05, 0.1) is 20.3 Å². The third-order valence-corrected chi connectivity index (χ3v) is 4.02. The second kappa shape index (κ2) is 6.95. The maximum atomic E-state index is 9.94. The zero-order valence-electron chi connectivity index (χ0n) is 12.6. The lowest BCUT2D eigenvalue weighted by molar-refractivity contribution is 0.0316. The monoisotopic (exact) mass is 279 g/mol. The van der Waals surface area contributed by atoms with Gasteiger partial charge in [-0.15, -0.1) is 0 Å². The fourth-order valence-electron chi connectivity index (χ4n) is 2.95. The van der Waals surface area contributed by atoms with E-state index in [0.29, 0.717) is 0 Å². The highest BCUT2D eigenvalue weighted by atomic mass is 16.5. The minimum atomic E-state index is -0.289. The van der Waals surface area contributed by atoms with Crippen molar-refractivity contribution in [2.75, 3.05) is 20.8 Å². The number of piperidine rings is 1. The predicted molar refractivity (Wildman–Crippen MR) is 79.3 cm³/mol. The molecule has 1 heterocycles. The third-order valence-electron chi connectivity index (χ3n) is 4.02.